The summed E-state index contributed by atoms with van der Waals surface area (Å²) in [6.07, 6.45) is 0.508. The molecule has 1 rings (SSSR count). The second kappa shape index (κ2) is 6.93. The van der Waals surface area contributed by atoms with E-state index in [1.807, 2.05) is 25.1 Å². The van der Waals surface area contributed by atoms with E-state index in [2.05, 4.69) is 0 Å². The minimum Gasteiger partial charge on any atom is -0.496 e. The number of benzene rings is 1. The summed E-state index contributed by atoms with van der Waals surface area (Å²) in [6.45, 7) is 3.68. The van der Waals surface area contributed by atoms with E-state index >= 15 is 0 Å². The number of hydrogen-bond acceptors (Lipinski definition) is 3. The molecular weight excluding hydrogens is 258 g/mol. The lowest BCUT2D eigenvalue weighted by molar-refractivity contribution is -0.148. The average Bonchev–Trinajstić information content (AvgIpc) is 2.39. The Morgan fingerprint density at radius 1 is 1.40 bits per heavy atom. The van der Waals surface area contributed by atoms with Crippen LogP contribution >= 0.6 is 0 Å². The fourth-order valence-electron chi connectivity index (χ4n) is 2.12. The van der Waals surface area contributed by atoms with E-state index in [4.69, 9.17) is 9.84 Å². The molecule has 0 aliphatic carbocycles. The Morgan fingerprint density at radius 3 is 2.55 bits per heavy atom. The zero-order chi connectivity index (χ0) is 15.3. The molecule has 5 nitrogen and oxygen atoms in total. The molecule has 1 aromatic rings. The van der Waals surface area contributed by atoms with Gasteiger partial charge in [0.25, 0.3) is 0 Å². The lowest BCUT2D eigenvalue weighted by Gasteiger charge is -2.24. The van der Waals surface area contributed by atoms with Crippen LogP contribution in [-0.2, 0) is 16.0 Å². The van der Waals surface area contributed by atoms with Crippen LogP contribution < -0.4 is 4.74 Å². The van der Waals surface area contributed by atoms with Gasteiger partial charge in [-0.1, -0.05) is 24.6 Å². The van der Waals surface area contributed by atoms with Crippen LogP contribution in [0.3, 0.4) is 0 Å². The largest absolute Gasteiger partial charge is 0.496 e. The number of likely N-dealkylation sites (N-methyl/N-ethyl adjacent to an activating group) is 1. The Kier molecular flexibility index (Phi) is 5.55. The van der Waals surface area contributed by atoms with Gasteiger partial charge in [0.15, 0.2) is 0 Å². The van der Waals surface area contributed by atoms with Crippen molar-refractivity contribution in [2.75, 3.05) is 14.2 Å². The van der Waals surface area contributed by atoms with Crippen LogP contribution in [0.25, 0.3) is 0 Å². The predicted octanol–water partition coefficient (Wildman–Crippen LogP) is 1.87. The summed E-state index contributed by atoms with van der Waals surface area (Å²) in [5.74, 6) is -0.580. The van der Waals surface area contributed by atoms with Gasteiger partial charge in [-0.25, -0.2) is 4.79 Å². The first-order valence-corrected chi connectivity index (χ1v) is 6.52. The Labute approximate surface area is 119 Å². The number of carbonyl (C=O) groups is 2. The number of aryl methyl sites for hydroxylation is 1. The van der Waals surface area contributed by atoms with Crippen LogP contribution in [0, 0.1) is 6.92 Å². The third kappa shape index (κ3) is 3.73. The maximum Gasteiger partial charge on any atom is 0.326 e. The van der Waals surface area contributed by atoms with Gasteiger partial charge in [0.05, 0.1) is 13.5 Å². The molecule has 0 bridgehead atoms. The van der Waals surface area contributed by atoms with Crippen LogP contribution in [0.4, 0.5) is 0 Å². The highest BCUT2D eigenvalue weighted by Gasteiger charge is 2.25. The number of carbonyl (C=O) groups excluding carboxylic acids is 1. The maximum absolute atomic E-state index is 12.2. The first-order chi connectivity index (χ1) is 9.40. The van der Waals surface area contributed by atoms with Crippen molar-refractivity contribution in [1.82, 2.24) is 4.90 Å². The summed E-state index contributed by atoms with van der Waals surface area (Å²) in [4.78, 5) is 24.6. The monoisotopic (exact) mass is 279 g/mol. The van der Waals surface area contributed by atoms with Gasteiger partial charge in [-0.05, 0) is 19.4 Å². The number of methoxy groups -OCH3 is 1. The van der Waals surface area contributed by atoms with Crippen LogP contribution in [0.5, 0.6) is 5.75 Å². The van der Waals surface area contributed by atoms with E-state index in [1.165, 1.54) is 11.9 Å². The summed E-state index contributed by atoms with van der Waals surface area (Å²) in [5, 5.41) is 9.08. The van der Waals surface area contributed by atoms with Crippen molar-refractivity contribution in [3.05, 3.63) is 29.3 Å². The summed E-state index contributed by atoms with van der Waals surface area (Å²) in [7, 11) is 3.07. The van der Waals surface area contributed by atoms with E-state index < -0.39 is 12.0 Å². The lowest BCUT2D eigenvalue weighted by atomic mass is 10.1. The molecule has 1 unspecified atom stereocenters. The summed E-state index contributed by atoms with van der Waals surface area (Å²) in [6, 6.07) is 4.81. The smallest absolute Gasteiger partial charge is 0.326 e. The topological polar surface area (TPSA) is 66.8 Å². The Bertz CT molecular complexity index is 499. The van der Waals surface area contributed by atoms with Crippen molar-refractivity contribution in [2.24, 2.45) is 0 Å². The minimum absolute atomic E-state index is 0.130. The normalized spacial score (nSPS) is 11.8. The quantitative estimate of drug-likeness (QED) is 0.863. The Hall–Kier alpha value is -2.04. The summed E-state index contributed by atoms with van der Waals surface area (Å²) >= 11 is 0. The number of nitrogens with zero attached hydrogens (tertiary/aromatic N) is 1. The van der Waals surface area contributed by atoms with Crippen molar-refractivity contribution < 1.29 is 19.4 Å². The minimum atomic E-state index is -0.987. The van der Waals surface area contributed by atoms with Gasteiger partial charge in [-0.3, -0.25) is 4.79 Å². The number of amides is 1. The molecule has 1 amide bonds. The Morgan fingerprint density at radius 2 is 2.05 bits per heavy atom. The van der Waals surface area contributed by atoms with Gasteiger partial charge in [0.2, 0.25) is 5.91 Å². The van der Waals surface area contributed by atoms with Gasteiger partial charge in [0.1, 0.15) is 11.8 Å². The highest BCUT2D eigenvalue weighted by atomic mass is 16.5. The lowest BCUT2D eigenvalue weighted by Crippen LogP contribution is -2.42. The Balaban J connectivity index is 2.90. The van der Waals surface area contributed by atoms with Crippen molar-refractivity contribution in [1.29, 1.82) is 0 Å². The summed E-state index contributed by atoms with van der Waals surface area (Å²) < 4.78 is 5.23. The highest BCUT2D eigenvalue weighted by molar-refractivity contribution is 5.85. The van der Waals surface area contributed by atoms with Crippen LogP contribution in [-0.4, -0.2) is 42.1 Å². The van der Waals surface area contributed by atoms with Gasteiger partial charge in [0, 0.05) is 12.6 Å². The summed E-state index contributed by atoms with van der Waals surface area (Å²) in [5.41, 5.74) is 1.80. The number of hydrogen-bond donors (Lipinski definition) is 1. The maximum atomic E-state index is 12.2. The molecule has 0 spiro atoms. The first kappa shape index (κ1) is 16.0. The molecule has 5 heteroatoms. The number of rotatable bonds is 6. The molecule has 20 heavy (non-hydrogen) atoms. The van der Waals surface area contributed by atoms with E-state index in [-0.39, 0.29) is 12.3 Å². The number of ether oxygens (including phenoxy) is 1. The third-order valence-electron chi connectivity index (χ3n) is 3.31. The highest BCUT2D eigenvalue weighted by Crippen LogP contribution is 2.21. The molecule has 0 aliphatic heterocycles. The third-order valence-corrected chi connectivity index (χ3v) is 3.31. The zero-order valence-corrected chi connectivity index (χ0v) is 12.3. The molecule has 1 aromatic carbocycles. The zero-order valence-electron chi connectivity index (χ0n) is 12.3. The molecule has 1 atom stereocenters. The number of aliphatic carboxylic acids is 1. The predicted molar refractivity (Wildman–Crippen MR) is 75.9 cm³/mol. The van der Waals surface area contributed by atoms with E-state index in [0.29, 0.717) is 12.2 Å². The second-order valence-electron chi connectivity index (χ2n) is 4.76. The van der Waals surface area contributed by atoms with Crippen molar-refractivity contribution in [3.63, 3.8) is 0 Å². The van der Waals surface area contributed by atoms with Crippen molar-refractivity contribution in [2.45, 2.75) is 32.7 Å². The van der Waals surface area contributed by atoms with E-state index in [1.54, 1.807) is 14.0 Å². The molecule has 0 radical (unpaired) electrons. The molecule has 0 aliphatic rings. The SMILES string of the molecule is CCC(C(=O)O)N(C)C(=O)Cc1cc(C)ccc1OC. The van der Waals surface area contributed by atoms with Crippen molar-refractivity contribution in [3.8, 4) is 5.75 Å². The fourth-order valence-corrected chi connectivity index (χ4v) is 2.12. The van der Waals surface area contributed by atoms with E-state index in [0.717, 1.165) is 11.1 Å². The second-order valence-corrected chi connectivity index (χ2v) is 4.76. The van der Waals surface area contributed by atoms with Gasteiger partial charge in [-0.15, -0.1) is 0 Å². The standard InChI is InChI=1S/C15H21NO4/c1-5-12(15(18)19)16(3)14(17)9-11-8-10(2)6-7-13(11)20-4/h6-8,12H,5,9H2,1-4H3,(H,18,19). The molecular formula is C15H21NO4. The van der Waals surface area contributed by atoms with Crippen LogP contribution in [0.15, 0.2) is 18.2 Å². The van der Waals surface area contributed by atoms with Gasteiger partial charge >= 0.3 is 5.97 Å². The average molecular weight is 279 g/mol. The molecule has 110 valence electrons. The fraction of sp³-hybridized carbons (Fsp3) is 0.467. The van der Waals surface area contributed by atoms with Gasteiger partial charge < -0.3 is 14.7 Å². The number of carboxylic acid groups (broad SMARTS) is 1. The van der Waals surface area contributed by atoms with Gasteiger partial charge in [-0.2, -0.15) is 0 Å². The molecule has 0 heterocycles. The van der Waals surface area contributed by atoms with Crippen molar-refractivity contribution >= 4 is 11.9 Å². The molecule has 1 N–H and O–H groups in total. The van der Waals surface area contributed by atoms with E-state index in [9.17, 15) is 9.59 Å². The van der Waals surface area contributed by atoms with Crippen LogP contribution in [0.1, 0.15) is 24.5 Å². The molecule has 0 aromatic heterocycles. The molecule has 0 saturated carbocycles. The molecule has 0 saturated heterocycles. The number of carboxylic acids is 1. The van der Waals surface area contributed by atoms with Crippen LogP contribution in [0.2, 0.25) is 0 Å². The molecule has 0 fully saturated rings. The first-order valence-electron chi connectivity index (χ1n) is 6.52.